The van der Waals surface area contributed by atoms with Gasteiger partial charge in [0.2, 0.25) is 0 Å². The summed E-state index contributed by atoms with van der Waals surface area (Å²) in [6.07, 6.45) is 2.49. The number of carbonyl (C=O) groups is 1. The maximum absolute atomic E-state index is 12.5. The van der Waals surface area contributed by atoms with E-state index in [4.69, 9.17) is 4.42 Å². The van der Waals surface area contributed by atoms with Crippen molar-refractivity contribution in [3.63, 3.8) is 0 Å². The molecule has 3 aromatic heterocycles. The van der Waals surface area contributed by atoms with Crippen LogP contribution in [0, 0.1) is 0 Å². The molecule has 0 fully saturated rings. The minimum atomic E-state index is -0.0636. The second-order valence-electron chi connectivity index (χ2n) is 5.07. The molecular weight excluding hydrogens is 328 g/mol. The predicted octanol–water partition coefficient (Wildman–Crippen LogP) is 4.36. The lowest BCUT2D eigenvalue weighted by atomic mass is 10.3. The number of amides is 2. The van der Waals surface area contributed by atoms with Crippen LogP contribution in [0.2, 0.25) is 0 Å². The highest BCUT2D eigenvalue weighted by molar-refractivity contribution is 7.10. The summed E-state index contributed by atoms with van der Waals surface area (Å²) in [6.45, 7) is 1.70. The third-order valence-corrected chi connectivity index (χ3v) is 5.23. The minimum Gasteiger partial charge on any atom is -0.467 e. The normalized spacial score (nSPS) is 10.6. The maximum Gasteiger partial charge on any atom is 0.318 e. The first kappa shape index (κ1) is 15.8. The van der Waals surface area contributed by atoms with Crippen LogP contribution >= 0.6 is 22.7 Å². The summed E-state index contributed by atoms with van der Waals surface area (Å²) in [7, 11) is 0. The van der Waals surface area contributed by atoms with Gasteiger partial charge in [-0.1, -0.05) is 12.1 Å². The first-order valence-electron chi connectivity index (χ1n) is 7.41. The molecule has 0 aromatic carbocycles. The van der Waals surface area contributed by atoms with Crippen LogP contribution in [-0.4, -0.2) is 17.5 Å². The summed E-state index contributed by atoms with van der Waals surface area (Å²) in [5.74, 6) is 0.794. The Morgan fingerprint density at radius 1 is 1.09 bits per heavy atom. The van der Waals surface area contributed by atoms with Gasteiger partial charge in [-0.25, -0.2) is 4.79 Å². The number of nitrogens with one attached hydrogen (secondary N) is 1. The fourth-order valence-electron chi connectivity index (χ4n) is 2.23. The molecule has 3 heterocycles. The van der Waals surface area contributed by atoms with E-state index in [1.165, 1.54) is 4.88 Å². The van der Waals surface area contributed by atoms with Crippen molar-refractivity contribution in [3.05, 3.63) is 68.9 Å². The van der Waals surface area contributed by atoms with Crippen LogP contribution in [0.25, 0.3) is 0 Å². The van der Waals surface area contributed by atoms with Crippen molar-refractivity contribution in [1.82, 2.24) is 10.2 Å². The van der Waals surface area contributed by atoms with E-state index in [1.807, 2.05) is 35.7 Å². The fourth-order valence-corrected chi connectivity index (χ4v) is 3.57. The van der Waals surface area contributed by atoms with E-state index in [1.54, 1.807) is 33.8 Å². The van der Waals surface area contributed by atoms with Gasteiger partial charge in [0, 0.05) is 16.3 Å². The van der Waals surface area contributed by atoms with Crippen molar-refractivity contribution in [2.75, 3.05) is 6.54 Å². The number of furan rings is 1. The highest BCUT2D eigenvalue weighted by Gasteiger charge is 2.15. The van der Waals surface area contributed by atoms with Crippen molar-refractivity contribution in [2.45, 2.75) is 19.5 Å². The molecule has 0 saturated carbocycles. The molecule has 0 aliphatic carbocycles. The van der Waals surface area contributed by atoms with Gasteiger partial charge in [0.05, 0.1) is 19.4 Å². The number of nitrogens with zero attached hydrogens (tertiary/aromatic N) is 1. The third-order valence-electron chi connectivity index (χ3n) is 3.42. The number of hydrogen-bond donors (Lipinski definition) is 1. The van der Waals surface area contributed by atoms with E-state index in [0.29, 0.717) is 19.6 Å². The van der Waals surface area contributed by atoms with Gasteiger partial charge in [-0.05, 0) is 41.4 Å². The van der Waals surface area contributed by atoms with Gasteiger partial charge in [0.1, 0.15) is 5.76 Å². The van der Waals surface area contributed by atoms with Crippen LogP contribution in [-0.2, 0) is 19.5 Å². The molecule has 0 saturated heterocycles. The van der Waals surface area contributed by atoms with Crippen LogP contribution < -0.4 is 5.32 Å². The Balaban J connectivity index is 1.59. The third kappa shape index (κ3) is 4.71. The van der Waals surface area contributed by atoms with Crippen LogP contribution in [0.1, 0.15) is 15.5 Å². The lowest BCUT2D eigenvalue weighted by molar-refractivity contribution is 0.191. The van der Waals surface area contributed by atoms with E-state index in [-0.39, 0.29) is 6.03 Å². The average Bonchev–Trinajstić information content (AvgIpc) is 3.32. The van der Waals surface area contributed by atoms with Crippen LogP contribution in [0.3, 0.4) is 0 Å². The molecular formula is C17H18N2O2S2. The summed E-state index contributed by atoms with van der Waals surface area (Å²) in [5, 5.41) is 7.06. The van der Waals surface area contributed by atoms with Gasteiger partial charge in [-0.15, -0.1) is 22.7 Å². The van der Waals surface area contributed by atoms with Crippen LogP contribution in [0.5, 0.6) is 0 Å². The van der Waals surface area contributed by atoms with E-state index >= 15 is 0 Å². The van der Waals surface area contributed by atoms with Gasteiger partial charge >= 0.3 is 6.03 Å². The Bertz CT molecular complexity index is 691. The summed E-state index contributed by atoms with van der Waals surface area (Å²) in [4.78, 5) is 16.7. The molecule has 0 radical (unpaired) electrons. The molecule has 0 aliphatic rings. The van der Waals surface area contributed by atoms with Gasteiger partial charge in [0.15, 0.2) is 0 Å². The molecule has 3 rings (SSSR count). The lowest BCUT2D eigenvalue weighted by Crippen LogP contribution is -2.40. The lowest BCUT2D eigenvalue weighted by Gasteiger charge is -2.21. The molecule has 0 unspecified atom stereocenters. The Morgan fingerprint density at radius 3 is 2.52 bits per heavy atom. The van der Waals surface area contributed by atoms with E-state index in [0.717, 1.165) is 17.1 Å². The summed E-state index contributed by atoms with van der Waals surface area (Å²) >= 11 is 3.36. The van der Waals surface area contributed by atoms with Crippen molar-refractivity contribution >= 4 is 28.7 Å². The number of thiophene rings is 2. The molecule has 2 amide bonds. The Labute approximate surface area is 143 Å². The molecule has 6 heteroatoms. The standard InChI is InChI=1S/C17H18N2O2S2/c20-17(18-12-16-6-3-11-23-16)19(13-14-4-1-9-21-14)8-7-15-5-2-10-22-15/h1-6,9-11H,7-8,12-13H2,(H,18,20). The first-order valence-corrected chi connectivity index (χ1v) is 9.17. The molecule has 23 heavy (non-hydrogen) atoms. The SMILES string of the molecule is O=C(NCc1cccs1)N(CCc1cccs1)Cc1ccco1. The zero-order chi connectivity index (χ0) is 15.9. The van der Waals surface area contributed by atoms with Gasteiger partial charge in [0.25, 0.3) is 0 Å². The van der Waals surface area contributed by atoms with Crippen LogP contribution in [0.4, 0.5) is 4.79 Å². The fraction of sp³-hybridized carbons (Fsp3) is 0.235. The number of carbonyl (C=O) groups excluding carboxylic acids is 1. The second-order valence-corrected chi connectivity index (χ2v) is 7.13. The highest BCUT2D eigenvalue weighted by Crippen LogP contribution is 2.13. The molecule has 3 aromatic rings. The summed E-state index contributed by atoms with van der Waals surface area (Å²) in [6, 6.07) is 11.8. The molecule has 120 valence electrons. The summed E-state index contributed by atoms with van der Waals surface area (Å²) in [5.41, 5.74) is 0. The largest absolute Gasteiger partial charge is 0.467 e. The monoisotopic (exact) mass is 346 g/mol. The van der Waals surface area contributed by atoms with Crippen molar-refractivity contribution < 1.29 is 9.21 Å². The van der Waals surface area contributed by atoms with Gasteiger partial charge in [-0.2, -0.15) is 0 Å². The van der Waals surface area contributed by atoms with Gasteiger partial charge < -0.3 is 14.6 Å². The Hall–Kier alpha value is -2.05. The number of rotatable bonds is 7. The highest BCUT2D eigenvalue weighted by atomic mass is 32.1. The first-order chi connectivity index (χ1) is 11.3. The smallest absolute Gasteiger partial charge is 0.318 e. The molecule has 0 atom stereocenters. The zero-order valence-electron chi connectivity index (χ0n) is 12.6. The summed E-state index contributed by atoms with van der Waals surface area (Å²) < 4.78 is 5.38. The predicted molar refractivity (Wildman–Crippen MR) is 93.7 cm³/mol. The maximum atomic E-state index is 12.5. The van der Waals surface area contributed by atoms with Crippen molar-refractivity contribution in [1.29, 1.82) is 0 Å². The molecule has 0 spiro atoms. The quantitative estimate of drug-likeness (QED) is 0.691. The van der Waals surface area contributed by atoms with Gasteiger partial charge in [-0.3, -0.25) is 0 Å². The Morgan fingerprint density at radius 2 is 1.87 bits per heavy atom. The Kier molecular flexibility index (Phi) is 5.50. The molecule has 1 N–H and O–H groups in total. The van der Waals surface area contributed by atoms with E-state index in [2.05, 4.69) is 16.8 Å². The second kappa shape index (κ2) is 7.99. The van der Waals surface area contributed by atoms with Crippen LogP contribution in [0.15, 0.2) is 57.8 Å². The molecule has 0 bridgehead atoms. The molecule has 4 nitrogen and oxygen atoms in total. The zero-order valence-corrected chi connectivity index (χ0v) is 14.2. The average molecular weight is 346 g/mol. The van der Waals surface area contributed by atoms with Crippen molar-refractivity contribution in [2.24, 2.45) is 0 Å². The van der Waals surface area contributed by atoms with E-state index in [9.17, 15) is 4.79 Å². The van der Waals surface area contributed by atoms with Crippen molar-refractivity contribution in [3.8, 4) is 0 Å². The minimum absolute atomic E-state index is 0.0636. The van der Waals surface area contributed by atoms with E-state index < -0.39 is 0 Å². The topological polar surface area (TPSA) is 45.5 Å². The number of hydrogen-bond acceptors (Lipinski definition) is 4. The number of urea groups is 1. The molecule has 0 aliphatic heterocycles.